The standard InChI is InChI=1S/C8H10N4O3/c9-8(12-15)11-10-4-5-2-1-3-6(13)7(5)14/h1-4,13-15H,(H3,9,11,12). The number of phenolic OH excluding ortho intramolecular Hbond substituents is 2. The molecule has 0 saturated carbocycles. The van der Waals surface area contributed by atoms with Gasteiger partial charge in [0.25, 0.3) is 0 Å². The Balaban J connectivity index is 2.72. The second-order valence-electron chi connectivity index (χ2n) is 2.57. The van der Waals surface area contributed by atoms with E-state index in [1.807, 2.05) is 0 Å². The SMILES string of the molecule is N=C(NO)NN=Cc1cccc(O)c1O. The zero-order valence-electron chi connectivity index (χ0n) is 7.60. The molecule has 7 heteroatoms. The second-order valence-corrected chi connectivity index (χ2v) is 2.57. The van der Waals surface area contributed by atoms with Crippen LogP contribution < -0.4 is 10.9 Å². The molecule has 0 atom stereocenters. The van der Waals surface area contributed by atoms with E-state index in [0.29, 0.717) is 0 Å². The van der Waals surface area contributed by atoms with E-state index in [1.165, 1.54) is 29.9 Å². The largest absolute Gasteiger partial charge is 0.504 e. The molecule has 1 aromatic carbocycles. The fraction of sp³-hybridized carbons (Fsp3) is 0. The van der Waals surface area contributed by atoms with Crippen LogP contribution in [0.4, 0.5) is 0 Å². The van der Waals surface area contributed by atoms with Crippen LogP contribution in [0.1, 0.15) is 5.56 Å². The van der Waals surface area contributed by atoms with E-state index < -0.39 is 5.96 Å². The van der Waals surface area contributed by atoms with Gasteiger partial charge in [0.2, 0.25) is 5.96 Å². The van der Waals surface area contributed by atoms with Crippen molar-refractivity contribution in [3.8, 4) is 11.5 Å². The summed E-state index contributed by atoms with van der Waals surface area (Å²) in [6.07, 6.45) is 1.20. The first-order valence-corrected chi connectivity index (χ1v) is 3.94. The van der Waals surface area contributed by atoms with Crippen LogP contribution in [0.15, 0.2) is 23.3 Å². The van der Waals surface area contributed by atoms with Crippen molar-refractivity contribution in [3.05, 3.63) is 23.8 Å². The monoisotopic (exact) mass is 210 g/mol. The third kappa shape index (κ3) is 2.85. The van der Waals surface area contributed by atoms with Gasteiger partial charge >= 0.3 is 0 Å². The van der Waals surface area contributed by atoms with Crippen LogP contribution in [0.25, 0.3) is 0 Å². The fourth-order valence-electron chi connectivity index (χ4n) is 0.844. The van der Waals surface area contributed by atoms with E-state index in [0.717, 1.165) is 0 Å². The highest BCUT2D eigenvalue weighted by Gasteiger charge is 2.02. The Morgan fingerprint density at radius 3 is 2.80 bits per heavy atom. The highest BCUT2D eigenvalue weighted by Crippen LogP contribution is 2.26. The Bertz CT molecular complexity index is 391. The number of nitrogens with zero attached hydrogens (tertiary/aromatic N) is 1. The number of nitrogens with one attached hydrogen (secondary N) is 3. The Morgan fingerprint density at radius 1 is 1.40 bits per heavy atom. The second kappa shape index (κ2) is 4.82. The van der Waals surface area contributed by atoms with Gasteiger partial charge in [-0.15, -0.1) is 0 Å². The molecule has 0 aliphatic heterocycles. The number of hydrogen-bond donors (Lipinski definition) is 6. The minimum atomic E-state index is -0.411. The van der Waals surface area contributed by atoms with E-state index in [9.17, 15) is 5.11 Å². The predicted molar refractivity (Wildman–Crippen MR) is 53.2 cm³/mol. The van der Waals surface area contributed by atoms with Crippen LogP contribution in [0.3, 0.4) is 0 Å². The fourth-order valence-corrected chi connectivity index (χ4v) is 0.844. The minimum Gasteiger partial charge on any atom is -0.504 e. The lowest BCUT2D eigenvalue weighted by atomic mass is 10.2. The van der Waals surface area contributed by atoms with Gasteiger partial charge in [0, 0.05) is 5.56 Å². The third-order valence-corrected chi connectivity index (χ3v) is 1.54. The molecule has 1 aromatic rings. The molecule has 0 aliphatic carbocycles. The lowest BCUT2D eigenvalue weighted by molar-refractivity contribution is 0.228. The third-order valence-electron chi connectivity index (χ3n) is 1.54. The van der Waals surface area contributed by atoms with E-state index in [1.54, 1.807) is 0 Å². The summed E-state index contributed by atoms with van der Waals surface area (Å²) < 4.78 is 0. The molecule has 0 saturated heterocycles. The zero-order valence-corrected chi connectivity index (χ0v) is 7.60. The number of phenols is 2. The molecular formula is C8H10N4O3. The Morgan fingerprint density at radius 2 is 2.13 bits per heavy atom. The highest BCUT2D eigenvalue weighted by molar-refractivity contribution is 5.86. The number of hydrogen-bond acceptors (Lipinski definition) is 5. The number of hydroxylamine groups is 1. The van der Waals surface area contributed by atoms with E-state index in [2.05, 4.69) is 10.5 Å². The lowest BCUT2D eigenvalue weighted by Crippen LogP contribution is -2.30. The summed E-state index contributed by atoms with van der Waals surface area (Å²) in [7, 11) is 0. The van der Waals surface area contributed by atoms with Gasteiger partial charge in [-0.25, -0.2) is 10.9 Å². The molecule has 0 aromatic heterocycles. The summed E-state index contributed by atoms with van der Waals surface area (Å²) in [6.45, 7) is 0. The van der Waals surface area contributed by atoms with E-state index in [4.69, 9.17) is 15.7 Å². The van der Waals surface area contributed by atoms with Crippen LogP contribution in [-0.4, -0.2) is 27.6 Å². The molecule has 6 N–H and O–H groups in total. The Kier molecular flexibility index (Phi) is 3.47. The molecule has 15 heavy (non-hydrogen) atoms. The first-order chi connectivity index (χ1) is 7.15. The van der Waals surface area contributed by atoms with Gasteiger partial charge < -0.3 is 10.2 Å². The van der Waals surface area contributed by atoms with Crippen LogP contribution in [-0.2, 0) is 0 Å². The molecule has 0 amide bonds. The molecule has 1 rings (SSSR count). The minimum absolute atomic E-state index is 0.255. The lowest BCUT2D eigenvalue weighted by Gasteiger charge is -2.01. The summed E-state index contributed by atoms with van der Waals surface area (Å²) in [4.78, 5) is 0. The van der Waals surface area contributed by atoms with Crippen molar-refractivity contribution in [3.63, 3.8) is 0 Å². The maximum Gasteiger partial charge on any atom is 0.233 e. The zero-order chi connectivity index (χ0) is 11.3. The number of rotatable bonds is 2. The quantitative estimate of drug-likeness (QED) is 0.177. The topological polar surface area (TPSA) is 121 Å². The average Bonchev–Trinajstić information content (AvgIpc) is 2.24. The summed E-state index contributed by atoms with van der Waals surface area (Å²) in [6, 6.07) is 4.39. The van der Waals surface area contributed by atoms with Gasteiger partial charge in [-0.1, -0.05) is 6.07 Å². The van der Waals surface area contributed by atoms with Gasteiger partial charge in [-0.2, -0.15) is 5.10 Å². The first-order valence-electron chi connectivity index (χ1n) is 3.94. The van der Waals surface area contributed by atoms with E-state index >= 15 is 0 Å². The summed E-state index contributed by atoms with van der Waals surface area (Å²) >= 11 is 0. The van der Waals surface area contributed by atoms with Crippen molar-refractivity contribution in [2.45, 2.75) is 0 Å². The summed E-state index contributed by atoms with van der Waals surface area (Å²) in [5.74, 6) is -0.966. The molecule has 0 unspecified atom stereocenters. The van der Waals surface area contributed by atoms with Crippen molar-refractivity contribution in [2.75, 3.05) is 0 Å². The van der Waals surface area contributed by atoms with Crippen molar-refractivity contribution in [2.24, 2.45) is 5.10 Å². The average molecular weight is 210 g/mol. The van der Waals surface area contributed by atoms with Crippen molar-refractivity contribution < 1.29 is 15.4 Å². The van der Waals surface area contributed by atoms with Gasteiger partial charge in [-0.05, 0) is 12.1 Å². The predicted octanol–water partition coefficient (Wildman–Crippen LogP) is -0.0651. The van der Waals surface area contributed by atoms with Crippen LogP contribution in [0, 0.1) is 5.41 Å². The normalized spacial score (nSPS) is 10.2. The Labute approximate surface area is 85.1 Å². The molecule has 0 aliphatic rings. The number of para-hydroxylation sites is 1. The molecule has 80 valence electrons. The molecule has 0 bridgehead atoms. The maximum absolute atomic E-state index is 9.33. The van der Waals surface area contributed by atoms with Crippen LogP contribution >= 0.6 is 0 Å². The van der Waals surface area contributed by atoms with Crippen LogP contribution in [0.5, 0.6) is 11.5 Å². The summed E-state index contributed by atoms with van der Waals surface area (Å²) in [5.41, 5.74) is 3.94. The van der Waals surface area contributed by atoms with Crippen molar-refractivity contribution >= 4 is 12.2 Å². The molecule has 0 spiro atoms. The molecule has 0 heterocycles. The van der Waals surface area contributed by atoms with Gasteiger partial charge in [0.1, 0.15) is 0 Å². The van der Waals surface area contributed by atoms with Gasteiger partial charge in [0.15, 0.2) is 11.5 Å². The summed E-state index contributed by atoms with van der Waals surface area (Å²) in [5, 5.41) is 37.1. The molecule has 0 fully saturated rings. The number of benzene rings is 1. The van der Waals surface area contributed by atoms with Crippen molar-refractivity contribution in [1.82, 2.24) is 10.9 Å². The molecular weight excluding hydrogens is 200 g/mol. The van der Waals surface area contributed by atoms with E-state index in [-0.39, 0.29) is 17.1 Å². The number of hydrazone groups is 1. The maximum atomic E-state index is 9.33. The first kappa shape index (κ1) is 10.8. The highest BCUT2D eigenvalue weighted by atomic mass is 16.5. The molecule has 0 radical (unpaired) electrons. The van der Waals surface area contributed by atoms with Crippen LogP contribution in [0.2, 0.25) is 0 Å². The number of guanidine groups is 1. The smallest absolute Gasteiger partial charge is 0.233 e. The number of aromatic hydroxyl groups is 2. The van der Waals surface area contributed by atoms with Gasteiger partial charge in [-0.3, -0.25) is 10.6 Å². The van der Waals surface area contributed by atoms with Gasteiger partial charge in [0.05, 0.1) is 6.21 Å². The molecule has 7 nitrogen and oxygen atoms in total. The Hall–Kier alpha value is -2.28. The van der Waals surface area contributed by atoms with Crippen molar-refractivity contribution in [1.29, 1.82) is 5.41 Å².